The van der Waals surface area contributed by atoms with Crippen molar-refractivity contribution in [2.45, 2.75) is 26.8 Å². The van der Waals surface area contributed by atoms with E-state index in [2.05, 4.69) is 25.4 Å². The Hall–Kier alpha value is -4.45. The van der Waals surface area contributed by atoms with Crippen LogP contribution in [0.1, 0.15) is 17.1 Å². The number of anilines is 1. The quantitative estimate of drug-likeness (QED) is 0.306. The normalized spacial score (nSPS) is 11.1. The van der Waals surface area contributed by atoms with Crippen LogP contribution in [-0.4, -0.2) is 31.8 Å². The van der Waals surface area contributed by atoms with Gasteiger partial charge in [0.05, 0.1) is 35.6 Å². The van der Waals surface area contributed by atoms with E-state index in [0.29, 0.717) is 35.9 Å². The van der Waals surface area contributed by atoms with Gasteiger partial charge in [-0.2, -0.15) is 5.26 Å². The van der Waals surface area contributed by atoms with Crippen molar-refractivity contribution in [3.8, 4) is 23.1 Å². The second-order valence-corrected chi connectivity index (χ2v) is 7.66. The highest BCUT2D eigenvalue weighted by atomic mass is 16.5. The lowest BCUT2D eigenvalue weighted by molar-refractivity contribution is 0.393. The number of rotatable bonds is 6. The Balaban J connectivity index is 1.72. The molecule has 0 aliphatic heterocycles. The van der Waals surface area contributed by atoms with Crippen molar-refractivity contribution in [1.82, 2.24) is 24.7 Å². The van der Waals surface area contributed by atoms with Gasteiger partial charge in [-0.1, -0.05) is 11.2 Å². The molecule has 4 aromatic heterocycles. The molecule has 0 bridgehead atoms. The van der Waals surface area contributed by atoms with Crippen molar-refractivity contribution < 1.29 is 9.26 Å². The van der Waals surface area contributed by atoms with E-state index in [-0.39, 0.29) is 0 Å². The van der Waals surface area contributed by atoms with Crippen molar-refractivity contribution in [3.63, 3.8) is 0 Å². The molecule has 4 heterocycles. The average Bonchev–Trinajstić information content (AvgIpc) is 3.36. The smallest absolute Gasteiger partial charge is 0.217 e. The molecular weight excluding hydrogens is 418 g/mol. The van der Waals surface area contributed by atoms with E-state index in [1.54, 1.807) is 19.5 Å². The fourth-order valence-corrected chi connectivity index (χ4v) is 4.21. The summed E-state index contributed by atoms with van der Waals surface area (Å²) in [7, 11) is 1.64. The molecule has 33 heavy (non-hydrogen) atoms. The topological polar surface area (TPSA) is 115 Å². The van der Waals surface area contributed by atoms with Crippen LogP contribution < -0.4 is 10.1 Å². The lowest BCUT2D eigenvalue weighted by atomic mass is 10.0. The minimum Gasteiger partial charge on any atom is -0.496 e. The number of aromatic nitrogens is 5. The van der Waals surface area contributed by atoms with Gasteiger partial charge in [-0.3, -0.25) is 15.3 Å². The van der Waals surface area contributed by atoms with Gasteiger partial charge in [0.25, 0.3) is 0 Å². The predicted octanol–water partition coefficient (Wildman–Crippen LogP) is 4.40. The standard InChI is InChI=1S/C24H21N7O2/c1-14-22(15(2)33-30-14)18-10-19-17(11-21(18)32-3)23-20(12-27-19)29-24(28-13-25)31(23)9-7-16-6-4-5-8-26-16/h4-6,8,10-12H,7,9H2,1-3H3,(H,28,29). The van der Waals surface area contributed by atoms with Gasteiger partial charge in [0, 0.05) is 35.8 Å². The summed E-state index contributed by atoms with van der Waals surface area (Å²) in [6.07, 6.45) is 6.17. The number of methoxy groups -OCH3 is 1. The fraction of sp³-hybridized carbons (Fsp3) is 0.208. The maximum absolute atomic E-state index is 9.27. The summed E-state index contributed by atoms with van der Waals surface area (Å²) in [4.78, 5) is 13.7. The molecule has 1 N–H and O–H groups in total. The first kappa shape index (κ1) is 20.5. The number of ether oxygens (including phenoxy) is 1. The number of nitriles is 1. The van der Waals surface area contributed by atoms with Crippen LogP contribution in [0.25, 0.3) is 33.1 Å². The highest BCUT2D eigenvalue weighted by molar-refractivity contribution is 6.05. The summed E-state index contributed by atoms with van der Waals surface area (Å²) in [6, 6.07) is 9.77. The number of imidazole rings is 1. The van der Waals surface area contributed by atoms with Gasteiger partial charge in [-0.05, 0) is 38.1 Å². The number of nitrogens with zero attached hydrogens (tertiary/aromatic N) is 6. The van der Waals surface area contributed by atoms with Gasteiger partial charge in [0.2, 0.25) is 5.95 Å². The predicted molar refractivity (Wildman–Crippen MR) is 124 cm³/mol. The van der Waals surface area contributed by atoms with E-state index < -0.39 is 0 Å². The number of fused-ring (bicyclic) bond motifs is 3. The second-order valence-electron chi connectivity index (χ2n) is 7.66. The first-order valence-electron chi connectivity index (χ1n) is 10.5. The Labute approximate surface area is 189 Å². The molecule has 0 atom stereocenters. The van der Waals surface area contributed by atoms with E-state index >= 15 is 0 Å². The van der Waals surface area contributed by atoms with Gasteiger partial charge in [-0.25, -0.2) is 4.98 Å². The highest BCUT2D eigenvalue weighted by Gasteiger charge is 2.20. The van der Waals surface area contributed by atoms with E-state index in [0.717, 1.165) is 38.9 Å². The molecule has 0 unspecified atom stereocenters. The molecule has 0 spiro atoms. The summed E-state index contributed by atoms with van der Waals surface area (Å²) >= 11 is 0. The summed E-state index contributed by atoms with van der Waals surface area (Å²) in [5.74, 6) is 1.86. The summed E-state index contributed by atoms with van der Waals surface area (Å²) in [5, 5.41) is 16.9. The van der Waals surface area contributed by atoms with Crippen LogP contribution >= 0.6 is 0 Å². The minimum atomic E-state index is 0.464. The van der Waals surface area contributed by atoms with Crippen LogP contribution in [0.2, 0.25) is 0 Å². The monoisotopic (exact) mass is 439 g/mol. The van der Waals surface area contributed by atoms with E-state index in [4.69, 9.17) is 9.26 Å². The van der Waals surface area contributed by atoms with Crippen LogP contribution in [0.15, 0.2) is 47.2 Å². The van der Waals surface area contributed by atoms with Gasteiger partial charge < -0.3 is 13.8 Å². The zero-order valence-corrected chi connectivity index (χ0v) is 18.5. The number of hydrogen-bond acceptors (Lipinski definition) is 8. The van der Waals surface area contributed by atoms with Crippen molar-refractivity contribution in [1.29, 1.82) is 5.26 Å². The third-order valence-corrected chi connectivity index (χ3v) is 5.68. The molecule has 0 amide bonds. The summed E-state index contributed by atoms with van der Waals surface area (Å²) < 4.78 is 13.1. The van der Waals surface area contributed by atoms with Crippen LogP contribution in [0, 0.1) is 25.3 Å². The Morgan fingerprint density at radius 1 is 1.18 bits per heavy atom. The number of benzene rings is 1. The molecule has 1 aromatic carbocycles. The van der Waals surface area contributed by atoms with Crippen molar-refractivity contribution in [3.05, 3.63) is 59.9 Å². The van der Waals surface area contributed by atoms with Gasteiger partial charge >= 0.3 is 0 Å². The van der Waals surface area contributed by atoms with E-state index in [1.807, 2.05) is 54.9 Å². The molecule has 0 radical (unpaired) electrons. The van der Waals surface area contributed by atoms with E-state index in [9.17, 15) is 5.26 Å². The average molecular weight is 439 g/mol. The second kappa shape index (κ2) is 8.24. The third-order valence-electron chi connectivity index (χ3n) is 5.68. The van der Waals surface area contributed by atoms with Crippen LogP contribution in [0.3, 0.4) is 0 Å². The van der Waals surface area contributed by atoms with Crippen molar-refractivity contribution in [2.24, 2.45) is 0 Å². The molecule has 9 heteroatoms. The molecule has 0 aliphatic rings. The van der Waals surface area contributed by atoms with Crippen LogP contribution in [-0.2, 0) is 13.0 Å². The summed E-state index contributed by atoms with van der Waals surface area (Å²) in [6.45, 7) is 4.37. The zero-order valence-electron chi connectivity index (χ0n) is 18.5. The van der Waals surface area contributed by atoms with Gasteiger partial charge in [0.15, 0.2) is 6.19 Å². The number of pyridine rings is 2. The molecule has 0 aliphatic carbocycles. The Bertz CT molecular complexity index is 1490. The molecule has 9 nitrogen and oxygen atoms in total. The number of hydrogen-bond donors (Lipinski definition) is 1. The minimum absolute atomic E-state index is 0.464. The molecule has 0 fully saturated rings. The lowest BCUT2D eigenvalue weighted by Gasteiger charge is -2.12. The maximum atomic E-state index is 9.27. The van der Waals surface area contributed by atoms with E-state index in [1.165, 1.54) is 0 Å². The van der Waals surface area contributed by atoms with Crippen molar-refractivity contribution in [2.75, 3.05) is 12.4 Å². The maximum Gasteiger partial charge on any atom is 0.217 e. The fourth-order valence-electron chi connectivity index (χ4n) is 4.21. The number of aryl methyl sites for hydroxylation is 4. The Morgan fingerprint density at radius 2 is 2.06 bits per heavy atom. The highest BCUT2D eigenvalue weighted by Crippen LogP contribution is 2.39. The Morgan fingerprint density at radius 3 is 2.76 bits per heavy atom. The molecular formula is C24H21N7O2. The molecule has 164 valence electrons. The first-order chi connectivity index (χ1) is 16.1. The summed E-state index contributed by atoms with van der Waals surface area (Å²) in [5.41, 5.74) is 5.84. The van der Waals surface area contributed by atoms with Crippen molar-refractivity contribution >= 4 is 27.9 Å². The number of nitrogens with one attached hydrogen (secondary N) is 1. The first-order valence-corrected chi connectivity index (χ1v) is 10.5. The lowest BCUT2D eigenvalue weighted by Crippen LogP contribution is -2.07. The third kappa shape index (κ3) is 3.51. The Kier molecular flexibility index (Phi) is 5.11. The van der Waals surface area contributed by atoms with Crippen LogP contribution in [0.4, 0.5) is 5.95 Å². The molecule has 5 aromatic rings. The van der Waals surface area contributed by atoms with Gasteiger partial charge in [0.1, 0.15) is 17.0 Å². The molecule has 5 rings (SSSR count). The largest absolute Gasteiger partial charge is 0.496 e. The molecule has 0 saturated heterocycles. The zero-order chi connectivity index (χ0) is 22.9. The SMILES string of the molecule is COc1cc2c(cc1-c1c(C)noc1C)ncc1nc(NC#N)n(CCc3ccccn3)c12. The van der Waals surface area contributed by atoms with Crippen LogP contribution in [0.5, 0.6) is 5.75 Å². The molecule has 0 saturated carbocycles. The van der Waals surface area contributed by atoms with Gasteiger partial charge in [-0.15, -0.1) is 0 Å².